The first-order chi connectivity index (χ1) is 14.4. The largest absolute Gasteiger partial charge is 0.470 e. The molecule has 29 heavy (non-hydrogen) atoms. The molecule has 1 aliphatic heterocycles. The van der Waals surface area contributed by atoms with Crippen molar-refractivity contribution < 1.29 is 4.74 Å². The fraction of sp³-hybridized carbons (Fsp3) is 0.538. The molecule has 2 heterocycles. The van der Waals surface area contributed by atoms with Crippen molar-refractivity contribution in [3.05, 3.63) is 65.0 Å². The quantitative estimate of drug-likeness (QED) is 0.647. The third-order valence-electron chi connectivity index (χ3n) is 7.81. The Morgan fingerprint density at radius 1 is 0.828 bits per heavy atom. The van der Waals surface area contributed by atoms with Crippen LogP contribution in [-0.2, 0) is 11.2 Å². The third-order valence-corrected chi connectivity index (χ3v) is 7.81. The maximum atomic E-state index is 6.33. The number of ether oxygens (including phenoxy) is 1. The standard InChI is InChI=1S/C26H30N2O/c1-2-9-17(8-1)24(18-10-3-4-11-18)21-14-7-15-22(27-21)26-28-25-20-13-6-5-12-19(20)16-23(25)29-26/h5-7,12-15,17-18,23-25H,1-4,8-11,16H2/t23-,25+/m1/s1. The van der Waals surface area contributed by atoms with Gasteiger partial charge in [0.05, 0.1) is 0 Å². The first-order valence-electron chi connectivity index (χ1n) is 11.7. The molecule has 4 aliphatic rings. The molecule has 6 rings (SSSR count). The average molecular weight is 387 g/mol. The highest BCUT2D eigenvalue weighted by Crippen LogP contribution is 2.47. The van der Waals surface area contributed by atoms with E-state index in [1.54, 1.807) is 0 Å². The van der Waals surface area contributed by atoms with Crippen LogP contribution in [0.25, 0.3) is 0 Å². The van der Waals surface area contributed by atoms with E-state index < -0.39 is 0 Å². The highest BCUT2D eigenvalue weighted by atomic mass is 16.5. The van der Waals surface area contributed by atoms with Crippen molar-refractivity contribution in [1.29, 1.82) is 0 Å². The number of pyridine rings is 1. The fourth-order valence-electron chi connectivity index (χ4n) is 6.48. The molecule has 0 bridgehead atoms. The van der Waals surface area contributed by atoms with Crippen LogP contribution < -0.4 is 0 Å². The number of aromatic nitrogens is 1. The Morgan fingerprint density at radius 2 is 1.55 bits per heavy atom. The Labute approximate surface area is 173 Å². The molecular formula is C26H30N2O. The van der Waals surface area contributed by atoms with Crippen LogP contribution in [0.3, 0.4) is 0 Å². The number of benzene rings is 1. The van der Waals surface area contributed by atoms with Gasteiger partial charge in [-0.25, -0.2) is 9.98 Å². The lowest BCUT2D eigenvalue weighted by Gasteiger charge is -2.29. The summed E-state index contributed by atoms with van der Waals surface area (Å²) in [6.07, 6.45) is 12.2. The van der Waals surface area contributed by atoms with E-state index in [2.05, 4.69) is 42.5 Å². The van der Waals surface area contributed by atoms with E-state index >= 15 is 0 Å². The summed E-state index contributed by atoms with van der Waals surface area (Å²) in [5, 5.41) is 0. The molecule has 2 saturated carbocycles. The molecule has 3 heteroatoms. The van der Waals surface area contributed by atoms with Gasteiger partial charge >= 0.3 is 0 Å². The molecule has 3 aliphatic carbocycles. The zero-order valence-corrected chi connectivity index (χ0v) is 17.1. The summed E-state index contributed by atoms with van der Waals surface area (Å²) >= 11 is 0. The SMILES string of the molecule is c1cc(C2=N[C@H]3c4ccccc4C[C@H]3O2)nc(C(C2CCCC2)C2CCCC2)c1. The number of aliphatic imine (C=N–C) groups is 1. The van der Waals surface area contributed by atoms with Gasteiger partial charge in [0, 0.05) is 18.0 Å². The molecule has 2 aromatic rings. The second-order valence-electron chi connectivity index (χ2n) is 9.50. The van der Waals surface area contributed by atoms with Gasteiger partial charge in [0.1, 0.15) is 17.8 Å². The van der Waals surface area contributed by atoms with E-state index in [1.807, 2.05) is 0 Å². The minimum atomic E-state index is 0.145. The van der Waals surface area contributed by atoms with Crippen molar-refractivity contribution in [1.82, 2.24) is 4.98 Å². The summed E-state index contributed by atoms with van der Waals surface area (Å²) in [5.41, 5.74) is 4.95. The van der Waals surface area contributed by atoms with E-state index in [9.17, 15) is 0 Å². The number of hydrogen-bond donors (Lipinski definition) is 0. The van der Waals surface area contributed by atoms with Crippen molar-refractivity contribution >= 4 is 5.90 Å². The van der Waals surface area contributed by atoms with Crippen molar-refractivity contribution in [2.24, 2.45) is 16.8 Å². The van der Waals surface area contributed by atoms with Gasteiger partial charge in [0.25, 0.3) is 0 Å². The average Bonchev–Trinajstić information content (AvgIpc) is 3.53. The van der Waals surface area contributed by atoms with Crippen molar-refractivity contribution in [2.75, 3.05) is 0 Å². The number of rotatable bonds is 4. The normalized spacial score (nSPS) is 26.6. The lowest BCUT2D eigenvalue weighted by molar-refractivity contribution is 0.206. The predicted octanol–water partition coefficient (Wildman–Crippen LogP) is 5.99. The third kappa shape index (κ3) is 3.10. The maximum absolute atomic E-state index is 6.33. The molecule has 1 aromatic heterocycles. The van der Waals surface area contributed by atoms with Gasteiger partial charge in [0.2, 0.25) is 5.90 Å². The molecule has 0 saturated heterocycles. The molecule has 2 fully saturated rings. The van der Waals surface area contributed by atoms with Crippen molar-refractivity contribution in [3.63, 3.8) is 0 Å². The van der Waals surface area contributed by atoms with Gasteiger partial charge in [-0.2, -0.15) is 0 Å². The van der Waals surface area contributed by atoms with Crippen LogP contribution in [0.4, 0.5) is 0 Å². The smallest absolute Gasteiger partial charge is 0.236 e. The molecule has 0 N–H and O–H groups in total. The fourth-order valence-corrected chi connectivity index (χ4v) is 6.48. The minimum absolute atomic E-state index is 0.145. The molecule has 0 radical (unpaired) electrons. The molecule has 0 unspecified atom stereocenters. The van der Waals surface area contributed by atoms with E-state index in [1.165, 1.54) is 68.2 Å². The van der Waals surface area contributed by atoms with Gasteiger partial charge < -0.3 is 4.74 Å². The van der Waals surface area contributed by atoms with Gasteiger partial charge in [-0.15, -0.1) is 0 Å². The van der Waals surface area contributed by atoms with Crippen molar-refractivity contribution in [2.45, 2.75) is 75.9 Å². The summed E-state index contributed by atoms with van der Waals surface area (Å²) in [6.45, 7) is 0. The van der Waals surface area contributed by atoms with Crippen LogP contribution in [-0.4, -0.2) is 17.0 Å². The zero-order valence-electron chi connectivity index (χ0n) is 17.1. The number of fused-ring (bicyclic) bond motifs is 3. The summed E-state index contributed by atoms with van der Waals surface area (Å²) in [4.78, 5) is 10.2. The van der Waals surface area contributed by atoms with Crippen LogP contribution in [0, 0.1) is 11.8 Å². The monoisotopic (exact) mass is 386 g/mol. The van der Waals surface area contributed by atoms with Crippen molar-refractivity contribution in [3.8, 4) is 0 Å². The molecule has 150 valence electrons. The maximum Gasteiger partial charge on any atom is 0.236 e. The second-order valence-corrected chi connectivity index (χ2v) is 9.50. The topological polar surface area (TPSA) is 34.5 Å². The summed E-state index contributed by atoms with van der Waals surface area (Å²) in [7, 11) is 0. The molecule has 2 atom stereocenters. The summed E-state index contributed by atoms with van der Waals surface area (Å²) in [6, 6.07) is 15.3. The Bertz CT molecular complexity index is 908. The lowest BCUT2D eigenvalue weighted by Crippen LogP contribution is -2.21. The van der Waals surface area contributed by atoms with E-state index in [0.717, 1.165) is 29.8 Å². The first-order valence-corrected chi connectivity index (χ1v) is 11.7. The number of hydrogen-bond acceptors (Lipinski definition) is 3. The highest BCUT2D eigenvalue weighted by molar-refractivity contribution is 5.94. The lowest BCUT2D eigenvalue weighted by atomic mass is 9.77. The number of nitrogens with zero attached hydrogens (tertiary/aromatic N) is 2. The van der Waals surface area contributed by atoms with Gasteiger partial charge in [0.15, 0.2) is 0 Å². The van der Waals surface area contributed by atoms with Crippen LogP contribution >= 0.6 is 0 Å². The Morgan fingerprint density at radius 3 is 2.31 bits per heavy atom. The highest BCUT2D eigenvalue weighted by Gasteiger charge is 2.40. The predicted molar refractivity (Wildman–Crippen MR) is 115 cm³/mol. The summed E-state index contributed by atoms with van der Waals surface area (Å²) in [5.74, 6) is 3.02. The molecule has 0 amide bonds. The zero-order chi connectivity index (χ0) is 19.2. The van der Waals surface area contributed by atoms with Crippen LogP contribution in [0.15, 0.2) is 47.5 Å². The molecule has 0 spiro atoms. The van der Waals surface area contributed by atoms with Gasteiger partial charge in [-0.3, -0.25) is 0 Å². The van der Waals surface area contributed by atoms with Crippen LogP contribution in [0.1, 0.15) is 85.8 Å². The van der Waals surface area contributed by atoms with Gasteiger partial charge in [-0.1, -0.05) is 56.0 Å². The Hall–Kier alpha value is -2.16. The summed E-state index contributed by atoms with van der Waals surface area (Å²) < 4.78 is 6.33. The Balaban J connectivity index is 1.31. The van der Waals surface area contributed by atoms with Crippen LogP contribution in [0.5, 0.6) is 0 Å². The van der Waals surface area contributed by atoms with Gasteiger partial charge in [-0.05, 0) is 60.8 Å². The van der Waals surface area contributed by atoms with E-state index in [4.69, 9.17) is 14.7 Å². The molecule has 3 nitrogen and oxygen atoms in total. The van der Waals surface area contributed by atoms with E-state index in [0.29, 0.717) is 5.92 Å². The first kappa shape index (κ1) is 17.7. The molecular weight excluding hydrogens is 356 g/mol. The Kier molecular flexibility index (Phi) is 4.43. The van der Waals surface area contributed by atoms with Crippen LogP contribution in [0.2, 0.25) is 0 Å². The second kappa shape index (κ2) is 7.27. The molecule has 1 aromatic carbocycles. The minimum Gasteiger partial charge on any atom is -0.470 e. The van der Waals surface area contributed by atoms with E-state index in [-0.39, 0.29) is 12.1 Å².